The van der Waals surface area contributed by atoms with Crippen molar-refractivity contribution in [2.45, 2.75) is 18.8 Å². The van der Waals surface area contributed by atoms with Crippen LogP contribution in [0.2, 0.25) is 0 Å². The molecule has 0 amide bonds. The number of likely N-dealkylation sites (tertiary alicyclic amines) is 1. The van der Waals surface area contributed by atoms with Crippen molar-refractivity contribution in [3.63, 3.8) is 0 Å². The second kappa shape index (κ2) is 8.56. The predicted molar refractivity (Wildman–Crippen MR) is 108 cm³/mol. The molecule has 2 N–H and O–H groups in total. The molecule has 1 aliphatic heterocycles. The maximum atomic E-state index is 9.08. The van der Waals surface area contributed by atoms with Crippen LogP contribution in [0.25, 0.3) is 10.4 Å². The van der Waals surface area contributed by atoms with E-state index in [2.05, 4.69) is 32.3 Å². The molecule has 0 spiro atoms. The molecule has 1 aromatic carbocycles. The van der Waals surface area contributed by atoms with Crippen molar-refractivity contribution in [3.05, 3.63) is 54.6 Å². The molecule has 3 heterocycles. The molecule has 7 heteroatoms. The van der Waals surface area contributed by atoms with Crippen molar-refractivity contribution < 1.29 is 5.11 Å². The van der Waals surface area contributed by atoms with Crippen molar-refractivity contribution in [2.24, 2.45) is 0 Å². The highest BCUT2D eigenvalue weighted by Crippen LogP contribution is 2.31. The first-order valence-electron chi connectivity index (χ1n) is 9.25. The third-order valence-corrected chi connectivity index (χ3v) is 5.84. The van der Waals surface area contributed by atoms with Gasteiger partial charge in [-0.05, 0) is 31.5 Å². The smallest absolute Gasteiger partial charge is 0.188 e. The van der Waals surface area contributed by atoms with Gasteiger partial charge in [-0.15, -0.1) is 0 Å². The fourth-order valence-corrected chi connectivity index (χ4v) is 4.24. The lowest BCUT2D eigenvalue weighted by atomic mass is 9.94. The van der Waals surface area contributed by atoms with Gasteiger partial charge in [-0.25, -0.2) is 9.97 Å². The highest BCUT2D eigenvalue weighted by Gasteiger charge is 2.21. The molecule has 1 fully saturated rings. The van der Waals surface area contributed by atoms with Gasteiger partial charge in [0.1, 0.15) is 0 Å². The number of anilines is 2. The molecule has 4 rings (SSSR count). The Bertz CT molecular complexity index is 862. The minimum Gasteiger partial charge on any atom is -0.395 e. The highest BCUT2D eigenvalue weighted by atomic mass is 32.1. The van der Waals surface area contributed by atoms with Gasteiger partial charge in [0.25, 0.3) is 0 Å². The first kappa shape index (κ1) is 18.0. The number of rotatable bonds is 6. The predicted octanol–water partition coefficient (Wildman–Crippen LogP) is 3.52. The van der Waals surface area contributed by atoms with Crippen LogP contribution >= 0.6 is 11.3 Å². The molecular formula is C20H23N5OS. The van der Waals surface area contributed by atoms with Crippen LogP contribution in [0, 0.1) is 0 Å². The number of nitrogens with zero attached hydrogens (tertiary/aromatic N) is 4. The van der Waals surface area contributed by atoms with Gasteiger partial charge < -0.3 is 15.3 Å². The maximum absolute atomic E-state index is 9.08. The second-order valence-electron chi connectivity index (χ2n) is 6.69. The lowest BCUT2D eigenvalue weighted by molar-refractivity contribution is 0.163. The van der Waals surface area contributed by atoms with Crippen LogP contribution in [0.5, 0.6) is 0 Å². The normalized spacial score (nSPS) is 15.7. The standard InChI is InChI=1S/C20H23N5OS/c26-11-10-25-8-6-15(7-9-25)17-12-21-14-19(23-17)24-20-22-13-18(27-20)16-4-2-1-3-5-16/h1-5,12-15,26H,6-11H2,(H,22,23,24). The topological polar surface area (TPSA) is 74.2 Å². The van der Waals surface area contributed by atoms with E-state index in [1.807, 2.05) is 30.6 Å². The summed E-state index contributed by atoms with van der Waals surface area (Å²) in [6.45, 7) is 2.98. The van der Waals surface area contributed by atoms with Gasteiger partial charge in [0.2, 0.25) is 0 Å². The van der Waals surface area contributed by atoms with E-state index in [-0.39, 0.29) is 6.61 Å². The molecule has 6 nitrogen and oxygen atoms in total. The zero-order valence-corrected chi connectivity index (χ0v) is 15.9. The van der Waals surface area contributed by atoms with Crippen molar-refractivity contribution in [2.75, 3.05) is 31.6 Å². The van der Waals surface area contributed by atoms with Crippen LogP contribution in [0.15, 0.2) is 48.9 Å². The van der Waals surface area contributed by atoms with Gasteiger partial charge in [0.05, 0.1) is 23.4 Å². The summed E-state index contributed by atoms with van der Waals surface area (Å²) < 4.78 is 0. The Balaban J connectivity index is 1.42. The summed E-state index contributed by atoms with van der Waals surface area (Å²) in [5.41, 5.74) is 2.20. The van der Waals surface area contributed by atoms with Gasteiger partial charge in [0, 0.05) is 24.9 Å². The molecule has 1 aliphatic rings. The SMILES string of the molecule is OCCN1CCC(c2cncc(Nc3ncc(-c4ccccc4)s3)n2)CC1. The molecule has 0 saturated carbocycles. The first-order valence-corrected chi connectivity index (χ1v) is 10.1. The summed E-state index contributed by atoms with van der Waals surface area (Å²) in [5.74, 6) is 1.16. The molecule has 27 heavy (non-hydrogen) atoms. The van der Waals surface area contributed by atoms with Crippen molar-refractivity contribution >= 4 is 22.3 Å². The molecule has 0 aliphatic carbocycles. The first-order chi connectivity index (χ1) is 13.3. The number of benzene rings is 1. The minimum absolute atomic E-state index is 0.225. The Kier molecular flexibility index (Phi) is 5.72. The number of aromatic nitrogens is 3. The van der Waals surface area contributed by atoms with Crippen LogP contribution in [0.1, 0.15) is 24.5 Å². The Morgan fingerprint density at radius 2 is 1.93 bits per heavy atom. The Labute approximate surface area is 162 Å². The second-order valence-corrected chi connectivity index (χ2v) is 7.72. The van der Waals surface area contributed by atoms with E-state index >= 15 is 0 Å². The molecular weight excluding hydrogens is 358 g/mol. The van der Waals surface area contributed by atoms with E-state index in [4.69, 9.17) is 10.1 Å². The molecule has 140 valence electrons. The summed E-state index contributed by atoms with van der Waals surface area (Å²) in [4.78, 5) is 17.0. The quantitative estimate of drug-likeness (QED) is 0.681. The number of nitrogens with one attached hydrogen (secondary N) is 1. The monoisotopic (exact) mass is 381 g/mol. The summed E-state index contributed by atoms with van der Waals surface area (Å²) in [6.07, 6.45) is 7.60. The van der Waals surface area contributed by atoms with Crippen LogP contribution in [0.4, 0.5) is 10.9 Å². The van der Waals surface area contributed by atoms with Gasteiger partial charge in [-0.2, -0.15) is 0 Å². The lowest BCUT2D eigenvalue weighted by Gasteiger charge is -2.31. The number of piperidine rings is 1. The lowest BCUT2D eigenvalue weighted by Crippen LogP contribution is -2.35. The van der Waals surface area contributed by atoms with Gasteiger partial charge in [0.15, 0.2) is 10.9 Å². The third kappa shape index (κ3) is 4.50. The number of aliphatic hydroxyl groups is 1. The van der Waals surface area contributed by atoms with E-state index < -0.39 is 0 Å². The highest BCUT2D eigenvalue weighted by molar-refractivity contribution is 7.18. The summed E-state index contributed by atoms with van der Waals surface area (Å²) in [5, 5.41) is 13.2. The Morgan fingerprint density at radius 1 is 1.11 bits per heavy atom. The van der Waals surface area contributed by atoms with E-state index in [1.165, 1.54) is 0 Å². The summed E-state index contributed by atoms with van der Waals surface area (Å²) in [6, 6.07) is 10.2. The van der Waals surface area contributed by atoms with Crippen LogP contribution in [-0.2, 0) is 0 Å². The van der Waals surface area contributed by atoms with E-state index in [1.54, 1.807) is 17.5 Å². The minimum atomic E-state index is 0.225. The largest absolute Gasteiger partial charge is 0.395 e. The van der Waals surface area contributed by atoms with Crippen LogP contribution < -0.4 is 5.32 Å². The third-order valence-electron chi connectivity index (χ3n) is 4.87. The number of hydrogen-bond donors (Lipinski definition) is 2. The number of hydrogen-bond acceptors (Lipinski definition) is 7. The number of thiazole rings is 1. The average Bonchev–Trinajstić information content (AvgIpc) is 3.18. The van der Waals surface area contributed by atoms with Crippen molar-refractivity contribution in [1.29, 1.82) is 0 Å². The van der Waals surface area contributed by atoms with Gasteiger partial charge in [-0.3, -0.25) is 4.98 Å². The molecule has 0 radical (unpaired) electrons. The average molecular weight is 382 g/mol. The van der Waals surface area contributed by atoms with Crippen molar-refractivity contribution in [1.82, 2.24) is 19.9 Å². The number of aliphatic hydroxyl groups excluding tert-OH is 1. The molecule has 0 unspecified atom stereocenters. The van der Waals surface area contributed by atoms with Crippen molar-refractivity contribution in [3.8, 4) is 10.4 Å². The van der Waals surface area contributed by atoms with E-state index in [0.717, 1.165) is 59.6 Å². The zero-order chi connectivity index (χ0) is 18.5. The molecule has 0 atom stereocenters. The van der Waals surface area contributed by atoms with E-state index in [9.17, 15) is 0 Å². The fraction of sp³-hybridized carbons (Fsp3) is 0.350. The summed E-state index contributed by atoms with van der Waals surface area (Å²) >= 11 is 1.61. The molecule has 1 saturated heterocycles. The Hall–Kier alpha value is -2.35. The Morgan fingerprint density at radius 3 is 2.70 bits per heavy atom. The van der Waals surface area contributed by atoms with Crippen LogP contribution in [0.3, 0.4) is 0 Å². The molecule has 0 bridgehead atoms. The van der Waals surface area contributed by atoms with Gasteiger partial charge in [-0.1, -0.05) is 41.7 Å². The van der Waals surface area contributed by atoms with Crippen LogP contribution in [-0.4, -0.2) is 51.2 Å². The maximum Gasteiger partial charge on any atom is 0.188 e. The van der Waals surface area contributed by atoms with Gasteiger partial charge >= 0.3 is 0 Å². The zero-order valence-electron chi connectivity index (χ0n) is 15.1. The van der Waals surface area contributed by atoms with E-state index in [0.29, 0.717) is 5.92 Å². The fourth-order valence-electron chi connectivity index (χ4n) is 3.41. The number of β-amino-alcohol motifs (C(OH)–C–C–N with tert-alkyl or cyclic N) is 1. The molecule has 2 aromatic heterocycles. The molecule has 3 aromatic rings. The summed E-state index contributed by atoms with van der Waals surface area (Å²) in [7, 11) is 0.